The Kier molecular flexibility index (Phi) is 6.66. The highest BCUT2D eigenvalue weighted by Crippen LogP contribution is 2.25. The Hall–Kier alpha value is -3.85. The second-order valence-electron chi connectivity index (χ2n) is 6.89. The van der Waals surface area contributed by atoms with Crippen molar-refractivity contribution in [1.29, 1.82) is 0 Å². The first-order chi connectivity index (χ1) is 15.6. The Morgan fingerprint density at radius 2 is 1.75 bits per heavy atom. The molecule has 9 heteroatoms. The van der Waals surface area contributed by atoms with Crippen molar-refractivity contribution in [3.8, 4) is 16.4 Å². The number of amides is 2. The Balaban J connectivity index is 1.39. The van der Waals surface area contributed by atoms with Crippen LogP contribution in [0.5, 0.6) is 0 Å². The second kappa shape index (κ2) is 9.97. The average Bonchev–Trinajstić information content (AvgIpc) is 3.49. The van der Waals surface area contributed by atoms with Crippen LogP contribution in [0.3, 0.4) is 0 Å². The van der Waals surface area contributed by atoms with E-state index in [9.17, 15) is 14.0 Å². The Labute approximate surface area is 187 Å². The lowest BCUT2D eigenvalue weighted by Gasteiger charge is -2.06. The summed E-state index contributed by atoms with van der Waals surface area (Å²) in [5, 5.41) is 11.7. The highest BCUT2D eigenvalue weighted by Gasteiger charge is 2.19. The minimum atomic E-state index is -0.487. The zero-order valence-electron chi connectivity index (χ0n) is 17.0. The molecule has 162 valence electrons. The van der Waals surface area contributed by atoms with Gasteiger partial charge in [-0.15, -0.1) is 16.4 Å². The summed E-state index contributed by atoms with van der Waals surface area (Å²) in [4.78, 5) is 29.8. The van der Waals surface area contributed by atoms with Gasteiger partial charge in [0, 0.05) is 19.5 Å². The predicted molar refractivity (Wildman–Crippen MR) is 120 cm³/mol. The summed E-state index contributed by atoms with van der Waals surface area (Å²) in [6, 6.07) is 19.1. The van der Waals surface area contributed by atoms with E-state index in [-0.39, 0.29) is 30.5 Å². The van der Waals surface area contributed by atoms with Gasteiger partial charge < -0.3 is 10.6 Å². The summed E-state index contributed by atoms with van der Waals surface area (Å²) in [5.41, 5.74) is 1.59. The van der Waals surface area contributed by atoms with E-state index in [2.05, 4.69) is 20.7 Å². The zero-order chi connectivity index (χ0) is 22.3. The SMILES string of the molecule is O=C(CCNC(=O)c1nc(-c2cccs2)n(-c2ccc(F)cc2)n1)NCc1ccccc1. The molecule has 0 aliphatic heterocycles. The number of hydrogen-bond acceptors (Lipinski definition) is 5. The number of halogens is 1. The Bertz CT molecular complexity index is 1190. The first-order valence-corrected chi connectivity index (χ1v) is 10.8. The molecule has 0 saturated heterocycles. The van der Waals surface area contributed by atoms with E-state index in [1.807, 2.05) is 47.8 Å². The maximum atomic E-state index is 13.3. The number of nitrogens with one attached hydrogen (secondary N) is 2. The first kappa shape index (κ1) is 21.4. The molecule has 0 saturated carbocycles. The number of aromatic nitrogens is 3. The van der Waals surface area contributed by atoms with Crippen LogP contribution in [0.25, 0.3) is 16.4 Å². The van der Waals surface area contributed by atoms with Gasteiger partial charge in [-0.25, -0.2) is 14.1 Å². The second-order valence-corrected chi connectivity index (χ2v) is 7.84. The van der Waals surface area contributed by atoms with Gasteiger partial charge >= 0.3 is 0 Å². The van der Waals surface area contributed by atoms with Gasteiger partial charge in [-0.05, 0) is 41.3 Å². The van der Waals surface area contributed by atoms with Crippen LogP contribution in [0.4, 0.5) is 4.39 Å². The molecule has 2 amide bonds. The third kappa shape index (κ3) is 5.25. The molecule has 0 radical (unpaired) electrons. The lowest BCUT2D eigenvalue weighted by molar-refractivity contribution is -0.121. The average molecular weight is 450 g/mol. The van der Waals surface area contributed by atoms with Gasteiger partial charge in [-0.3, -0.25) is 9.59 Å². The standard InChI is InChI=1S/C23H20FN5O2S/c24-17-8-10-18(11-9-17)29-22(19-7-4-14-32-19)27-21(28-29)23(31)25-13-12-20(30)26-15-16-5-2-1-3-6-16/h1-11,14H,12-13,15H2,(H,25,31)(H,26,30). The van der Waals surface area contributed by atoms with E-state index in [4.69, 9.17) is 0 Å². The molecule has 2 heterocycles. The normalized spacial score (nSPS) is 10.7. The number of nitrogens with zero attached hydrogens (tertiary/aromatic N) is 3. The molecule has 32 heavy (non-hydrogen) atoms. The summed E-state index contributed by atoms with van der Waals surface area (Å²) in [7, 11) is 0. The minimum absolute atomic E-state index is 0.0255. The van der Waals surface area contributed by atoms with Gasteiger partial charge in [0.25, 0.3) is 5.91 Å². The predicted octanol–water partition coefficient (Wildman–Crippen LogP) is 3.57. The van der Waals surface area contributed by atoms with Gasteiger partial charge in [-0.2, -0.15) is 0 Å². The zero-order valence-corrected chi connectivity index (χ0v) is 17.8. The van der Waals surface area contributed by atoms with E-state index >= 15 is 0 Å². The fourth-order valence-corrected chi connectivity index (χ4v) is 3.69. The molecule has 2 aromatic carbocycles. The summed E-state index contributed by atoms with van der Waals surface area (Å²) in [6.07, 6.45) is 0.134. The molecule has 0 atom stereocenters. The lowest BCUT2D eigenvalue weighted by Crippen LogP contribution is -2.31. The van der Waals surface area contributed by atoms with Crippen LogP contribution in [0, 0.1) is 5.82 Å². The number of hydrogen-bond donors (Lipinski definition) is 2. The fraction of sp³-hybridized carbons (Fsp3) is 0.130. The third-order valence-electron chi connectivity index (χ3n) is 4.59. The molecule has 0 spiro atoms. The minimum Gasteiger partial charge on any atom is -0.352 e. The number of rotatable bonds is 8. The van der Waals surface area contributed by atoms with Crippen molar-refractivity contribution in [1.82, 2.24) is 25.4 Å². The van der Waals surface area contributed by atoms with Crippen molar-refractivity contribution >= 4 is 23.2 Å². The van der Waals surface area contributed by atoms with Gasteiger partial charge in [0.15, 0.2) is 5.82 Å². The summed E-state index contributed by atoms with van der Waals surface area (Å²) in [6.45, 7) is 0.584. The fourth-order valence-electron chi connectivity index (χ4n) is 2.99. The van der Waals surface area contributed by atoms with Gasteiger partial charge in [0.05, 0.1) is 10.6 Å². The van der Waals surface area contributed by atoms with Crippen LogP contribution in [0.2, 0.25) is 0 Å². The van der Waals surface area contributed by atoms with Gasteiger partial charge in [0.1, 0.15) is 5.82 Å². The molecule has 4 aromatic rings. The largest absolute Gasteiger partial charge is 0.352 e. The molecular weight excluding hydrogens is 429 g/mol. The molecule has 4 rings (SSSR count). The van der Waals surface area contributed by atoms with E-state index < -0.39 is 5.91 Å². The first-order valence-electron chi connectivity index (χ1n) is 9.96. The molecule has 0 unspecified atom stereocenters. The topological polar surface area (TPSA) is 88.9 Å². The molecule has 7 nitrogen and oxygen atoms in total. The number of carbonyl (C=O) groups is 2. The molecule has 0 aliphatic rings. The summed E-state index contributed by atoms with van der Waals surface area (Å²) < 4.78 is 14.8. The van der Waals surface area contributed by atoms with Crippen molar-refractivity contribution in [2.24, 2.45) is 0 Å². The molecule has 2 N–H and O–H groups in total. The highest BCUT2D eigenvalue weighted by molar-refractivity contribution is 7.13. The molecule has 2 aromatic heterocycles. The van der Waals surface area contributed by atoms with E-state index in [0.29, 0.717) is 18.1 Å². The summed E-state index contributed by atoms with van der Waals surface area (Å²) >= 11 is 1.46. The van der Waals surface area contributed by atoms with Crippen molar-refractivity contribution in [2.45, 2.75) is 13.0 Å². The quantitative estimate of drug-likeness (QED) is 0.430. The van der Waals surface area contributed by atoms with Crippen molar-refractivity contribution < 1.29 is 14.0 Å². The maximum Gasteiger partial charge on any atom is 0.291 e. The molecule has 0 aliphatic carbocycles. The number of benzene rings is 2. The van der Waals surface area contributed by atoms with Crippen molar-refractivity contribution in [2.75, 3.05) is 6.54 Å². The maximum absolute atomic E-state index is 13.3. The van der Waals surface area contributed by atoms with Crippen LogP contribution in [-0.2, 0) is 11.3 Å². The van der Waals surface area contributed by atoms with Gasteiger partial charge in [-0.1, -0.05) is 36.4 Å². The smallest absolute Gasteiger partial charge is 0.291 e. The van der Waals surface area contributed by atoms with Gasteiger partial charge in [0.2, 0.25) is 11.7 Å². The van der Waals surface area contributed by atoms with Crippen LogP contribution >= 0.6 is 11.3 Å². The highest BCUT2D eigenvalue weighted by atomic mass is 32.1. The molecule has 0 bridgehead atoms. The molecular formula is C23H20FN5O2S. The van der Waals surface area contributed by atoms with E-state index in [0.717, 1.165) is 10.4 Å². The van der Waals surface area contributed by atoms with Crippen LogP contribution in [0.1, 0.15) is 22.6 Å². The third-order valence-corrected chi connectivity index (χ3v) is 5.46. The Morgan fingerprint density at radius 3 is 2.47 bits per heavy atom. The van der Waals surface area contributed by atoms with Crippen molar-refractivity contribution in [3.05, 3.63) is 89.3 Å². The number of carbonyl (C=O) groups excluding carboxylic acids is 2. The Morgan fingerprint density at radius 1 is 0.969 bits per heavy atom. The van der Waals surface area contributed by atoms with Crippen LogP contribution in [0.15, 0.2) is 72.1 Å². The van der Waals surface area contributed by atoms with E-state index in [1.165, 1.54) is 28.2 Å². The lowest BCUT2D eigenvalue weighted by atomic mass is 10.2. The van der Waals surface area contributed by atoms with Crippen LogP contribution in [-0.4, -0.2) is 33.1 Å². The molecule has 0 fully saturated rings. The van der Waals surface area contributed by atoms with E-state index in [1.54, 1.807) is 12.1 Å². The van der Waals surface area contributed by atoms with Crippen molar-refractivity contribution in [3.63, 3.8) is 0 Å². The number of thiophene rings is 1. The monoisotopic (exact) mass is 449 g/mol. The van der Waals surface area contributed by atoms with Crippen LogP contribution < -0.4 is 10.6 Å². The summed E-state index contributed by atoms with van der Waals surface area (Å²) in [5.74, 6) is -0.562.